The fraction of sp³-hybridized carbons (Fsp3) is 0.429. The zero-order valence-corrected chi connectivity index (χ0v) is 13.4. The first-order chi connectivity index (χ1) is 9.92. The molecular formula is C14H21N5OS. The summed E-state index contributed by atoms with van der Waals surface area (Å²) in [5.41, 5.74) is 11.7. The Hall–Kier alpha value is -2.02. The summed E-state index contributed by atoms with van der Waals surface area (Å²) in [6.07, 6.45) is 2.01. The molecule has 0 aromatic carbocycles. The number of pyridine rings is 1. The van der Waals surface area contributed by atoms with Crippen LogP contribution in [-0.2, 0) is 6.42 Å². The van der Waals surface area contributed by atoms with E-state index in [1.165, 1.54) is 11.3 Å². The normalized spacial score (nSPS) is 11.4. The number of anilines is 1. The molecular weight excluding hydrogens is 286 g/mol. The van der Waals surface area contributed by atoms with Gasteiger partial charge in [0.15, 0.2) is 0 Å². The quantitative estimate of drug-likeness (QED) is 0.900. The van der Waals surface area contributed by atoms with Gasteiger partial charge in [-0.3, -0.25) is 4.79 Å². The predicted molar refractivity (Wildman–Crippen MR) is 85.0 cm³/mol. The van der Waals surface area contributed by atoms with E-state index in [2.05, 4.69) is 29.0 Å². The van der Waals surface area contributed by atoms with Crippen molar-refractivity contribution in [2.75, 3.05) is 5.73 Å². The second-order valence-corrected chi connectivity index (χ2v) is 5.97. The molecule has 0 radical (unpaired) electrons. The standard InChI is InChI=1S/C11H16N2O.C3H5N3S/c1-3-8(2)7-9-5-4-6-10(13-9)11(12)14;1-2-5-6-3(4)7-2/h4-6,8H,3,7H2,1-2H3,(H2,12,14);1H3,(H2,4,6). The number of hydrogen-bond acceptors (Lipinski definition) is 6. The Morgan fingerprint density at radius 1 is 1.38 bits per heavy atom. The van der Waals surface area contributed by atoms with Gasteiger partial charge < -0.3 is 11.5 Å². The van der Waals surface area contributed by atoms with Crippen molar-refractivity contribution in [1.29, 1.82) is 0 Å². The van der Waals surface area contributed by atoms with Crippen LogP contribution in [0, 0.1) is 12.8 Å². The van der Waals surface area contributed by atoms with Gasteiger partial charge in [0.2, 0.25) is 5.13 Å². The van der Waals surface area contributed by atoms with Crippen LogP contribution in [0.1, 0.15) is 41.5 Å². The SMILES string of the molecule is CCC(C)Cc1cccc(C(N)=O)n1.Cc1nnc(N)s1. The molecule has 2 rings (SSSR count). The average molecular weight is 307 g/mol. The summed E-state index contributed by atoms with van der Waals surface area (Å²) in [6.45, 7) is 6.18. The molecule has 0 spiro atoms. The van der Waals surface area contributed by atoms with Crippen LogP contribution in [0.25, 0.3) is 0 Å². The lowest BCUT2D eigenvalue weighted by molar-refractivity contribution is 0.0995. The third kappa shape index (κ3) is 6.31. The van der Waals surface area contributed by atoms with Crippen molar-refractivity contribution in [1.82, 2.24) is 15.2 Å². The van der Waals surface area contributed by atoms with Crippen LogP contribution in [0.5, 0.6) is 0 Å². The molecule has 0 bridgehead atoms. The summed E-state index contributed by atoms with van der Waals surface area (Å²) in [7, 11) is 0. The second-order valence-electron chi connectivity index (χ2n) is 4.76. The zero-order valence-electron chi connectivity index (χ0n) is 12.5. The van der Waals surface area contributed by atoms with Crippen molar-refractivity contribution < 1.29 is 4.79 Å². The number of aromatic nitrogens is 3. The molecule has 4 N–H and O–H groups in total. The molecule has 0 aliphatic heterocycles. The topological polar surface area (TPSA) is 108 Å². The first-order valence-electron chi connectivity index (χ1n) is 6.73. The summed E-state index contributed by atoms with van der Waals surface area (Å²) in [6, 6.07) is 5.39. The first-order valence-corrected chi connectivity index (χ1v) is 7.55. The van der Waals surface area contributed by atoms with Gasteiger partial charge in [-0.1, -0.05) is 37.7 Å². The van der Waals surface area contributed by atoms with E-state index in [9.17, 15) is 4.79 Å². The van der Waals surface area contributed by atoms with E-state index >= 15 is 0 Å². The van der Waals surface area contributed by atoms with Crippen molar-refractivity contribution in [3.05, 3.63) is 34.6 Å². The number of aryl methyl sites for hydroxylation is 1. The van der Waals surface area contributed by atoms with Crippen molar-refractivity contribution in [3.8, 4) is 0 Å². The van der Waals surface area contributed by atoms with E-state index in [0.29, 0.717) is 16.7 Å². The third-order valence-electron chi connectivity index (χ3n) is 2.86. The van der Waals surface area contributed by atoms with Gasteiger partial charge in [-0.25, -0.2) is 4.98 Å². The van der Waals surface area contributed by atoms with Gasteiger partial charge in [-0.05, 0) is 31.4 Å². The highest BCUT2D eigenvalue weighted by atomic mass is 32.1. The molecule has 0 aliphatic carbocycles. The highest BCUT2D eigenvalue weighted by Crippen LogP contribution is 2.09. The fourth-order valence-electron chi connectivity index (χ4n) is 1.54. The summed E-state index contributed by atoms with van der Waals surface area (Å²) >= 11 is 1.40. The average Bonchev–Trinajstić information content (AvgIpc) is 2.83. The number of hydrogen-bond donors (Lipinski definition) is 2. The van der Waals surface area contributed by atoms with Crippen LogP contribution >= 0.6 is 11.3 Å². The molecule has 0 saturated heterocycles. The molecule has 114 valence electrons. The van der Waals surface area contributed by atoms with E-state index in [-0.39, 0.29) is 0 Å². The van der Waals surface area contributed by atoms with Gasteiger partial charge in [0.05, 0.1) is 0 Å². The highest BCUT2D eigenvalue weighted by Gasteiger charge is 2.05. The number of primary amides is 1. The van der Waals surface area contributed by atoms with Crippen molar-refractivity contribution in [3.63, 3.8) is 0 Å². The molecule has 0 fully saturated rings. The molecule has 2 heterocycles. The predicted octanol–water partition coefficient (Wildman–Crippen LogP) is 2.20. The monoisotopic (exact) mass is 307 g/mol. The zero-order chi connectivity index (χ0) is 15.8. The molecule has 1 unspecified atom stereocenters. The van der Waals surface area contributed by atoms with Gasteiger partial charge >= 0.3 is 0 Å². The Morgan fingerprint density at radius 2 is 2.10 bits per heavy atom. The Bertz CT molecular complexity index is 568. The van der Waals surface area contributed by atoms with E-state index in [0.717, 1.165) is 23.5 Å². The van der Waals surface area contributed by atoms with Gasteiger partial charge in [-0.2, -0.15) is 0 Å². The largest absolute Gasteiger partial charge is 0.374 e. The van der Waals surface area contributed by atoms with E-state index in [1.807, 2.05) is 19.1 Å². The number of amides is 1. The van der Waals surface area contributed by atoms with Crippen LogP contribution in [0.15, 0.2) is 18.2 Å². The molecule has 1 atom stereocenters. The lowest BCUT2D eigenvalue weighted by atomic mass is 10.0. The molecule has 7 heteroatoms. The number of nitrogen functional groups attached to an aromatic ring is 1. The Morgan fingerprint density at radius 3 is 2.52 bits per heavy atom. The number of carbonyl (C=O) groups is 1. The smallest absolute Gasteiger partial charge is 0.267 e. The molecule has 21 heavy (non-hydrogen) atoms. The Labute approximate surface area is 128 Å². The van der Waals surface area contributed by atoms with Crippen LogP contribution in [0.3, 0.4) is 0 Å². The summed E-state index contributed by atoms with van der Waals surface area (Å²) < 4.78 is 0. The molecule has 2 aromatic rings. The lowest BCUT2D eigenvalue weighted by Crippen LogP contribution is -2.14. The van der Waals surface area contributed by atoms with Crippen LogP contribution < -0.4 is 11.5 Å². The summed E-state index contributed by atoms with van der Waals surface area (Å²) in [5, 5.41) is 8.68. The number of carbonyl (C=O) groups excluding carboxylic acids is 1. The molecule has 0 aliphatic rings. The molecule has 2 aromatic heterocycles. The van der Waals surface area contributed by atoms with Crippen molar-refractivity contribution in [2.24, 2.45) is 11.7 Å². The maximum atomic E-state index is 10.9. The van der Waals surface area contributed by atoms with E-state index in [1.54, 1.807) is 6.07 Å². The van der Waals surface area contributed by atoms with E-state index in [4.69, 9.17) is 11.5 Å². The number of nitrogens with two attached hydrogens (primary N) is 2. The maximum Gasteiger partial charge on any atom is 0.267 e. The Kier molecular flexibility index (Phi) is 6.74. The summed E-state index contributed by atoms with van der Waals surface area (Å²) in [4.78, 5) is 15.1. The minimum atomic E-state index is -0.462. The van der Waals surface area contributed by atoms with Crippen molar-refractivity contribution in [2.45, 2.75) is 33.6 Å². The van der Waals surface area contributed by atoms with Crippen LogP contribution in [-0.4, -0.2) is 21.1 Å². The van der Waals surface area contributed by atoms with Gasteiger partial charge in [0.25, 0.3) is 5.91 Å². The second kappa shape index (κ2) is 8.31. The highest BCUT2D eigenvalue weighted by molar-refractivity contribution is 7.14. The van der Waals surface area contributed by atoms with Gasteiger partial charge in [0.1, 0.15) is 10.7 Å². The summed E-state index contributed by atoms with van der Waals surface area (Å²) in [5.74, 6) is 0.127. The molecule has 1 amide bonds. The van der Waals surface area contributed by atoms with Crippen LogP contribution in [0.4, 0.5) is 5.13 Å². The Balaban J connectivity index is 0.000000262. The number of nitrogens with zero attached hydrogens (tertiary/aromatic N) is 3. The van der Waals surface area contributed by atoms with Crippen LogP contribution in [0.2, 0.25) is 0 Å². The maximum absolute atomic E-state index is 10.9. The first kappa shape index (κ1) is 17.0. The molecule has 0 saturated carbocycles. The molecule has 6 nitrogen and oxygen atoms in total. The fourth-order valence-corrected chi connectivity index (χ4v) is 2.01. The third-order valence-corrected chi connectivity index (χ3v) is 3.52. The van der Waals surface area contributed by atoms with E-state index < -0.39 is 5.91 Å². The minimum absolute atomic E-state index is 0.353. The van der Waals surface area contributed by atoms with Gasteiger partial charge in [0, 0.05) is 5.69 Å². The minimum Gasteiger partial charge on any atom is -0.374 e. The lowest BCUT2D eigenvalue weighted by Gasteiger charge is -2.07. The number of rotatable bonds is 4. The van der Waals surface area contributed by atoms with Gasteiger partial charge in [-0.15, -0.1) is 10.2 Å². The van der Waals surface area contributed by atoms with Crippen molar-refractivity contribution >= 4 is 22.4 Å².